The third kappa shape index (κ3) is 2.97. The molecule has 1 amide bonds. The van der Waals surface area contributed by atoms with Crippen LogP contribution in [0.25, 0.3) is 5.69 Å². The molecule has 0 saturated heterocycles. The van der Waals surface area contributed by atoms with Crippen LogP contribution < -0.4 is 5.32 Å². The van der Waals surface area contributed by atoms with Crippen LogP contribution in [0.2, 0.25) is 0 Å². The molecule has 1 heterocycles. The van der Waals surface area contributed by atoms with Crippen LogP contribution in [0.5, 0.6) is 0 Å². The Morgan fingerprint density at radius 2 is 1.91 bits per heavy atom. The smallest absolute Gasteiger partial charge is 0.331 e. The molecule has 0 bridgehead atoms. The monoisotopic (exact) mass is 313 g/mol. The maximum atomic E-state index is 12.5. The van der Waals surface area contributed by atoms with E-state index < -0.39 is 5.54 Å². The fourth-order valence-corrected chi connectivity index (χ4v) is 3.01. The number of esters is 1. The number of hydrogen-bond acceptors (Lipinski definition) is 4. The average Bonchev–Trinajstić information content (AvgIpc) is 3.25. The van der Waals surface area contributed by atoms with Gasteiger partial charge < -0.3 is 10.1 Å². The molecule has 2 aromatic rings. The Labute approximate surface area is 134 Å². The summed E-state index contributed by atoms with van der Waals surface area (Å²) in [4.78, 5) is 24.6. The minimum Gasteiger partial charge on any atom is -0.467 e. The number of ether oxygens (including phenoxy) is 1. The highest BCUT2D eigenvalue weighted by molar-refractivity contribution is 5.98. The van der Waals surface area contributed by atoms with Crippen LogP contribution in [-0.4, -0.2) is 34.3 Å². The number of nitrogens with zero attached hydrogens (tertiary/aromatic N) is 2. The van der Waals surface area contributed by atoms with Gasteiger partial charge >= 0.3 is 5.97 Å². The topological polar surface area (TPSA) is 73.2 Å². The lowest BCUT2D eigenvalue weighted by molar-refractivity contribution is -0.148. The van der Waals surface area contributed by atoms with Crippen molar-refractivity contribution >= 4 is 11.9 Å². The molecule has 1 aromatic carbocycles. The molecule has 1 fully saturated rings. The number of amides is 1. The second kappa shape index (κ2) is 6.24. The van der Waals surface area contributed by atoms with Crippen molar-refractivity contribution in [3.8, 4) is 5.69 Å². The molecule has 0 aliphatic heterocycles. The lowest BCUT2D eigenvalue weighted by atomic mass is 9.97. The predicted octanol–water partition coefficient (Wildman–Crippen LogP) is 2.09. The van der Waals surface area contributed by atoms with Gasteiger partial charge in [-0.2, -0.15) is 5.10 Å². The van der Waals surface area contributed by atoms with Gasteiger partial charge in [-0.3, -0.25) is 4.79 Å². The zero-order valence-electron chi connectivity index (χ0n) is 13.0. The summed E-state index contributed by atoms with van der Waals surface area (Å²) in [5, 5.41) is 7.07. The van der Waals surface area contributed by atoms with Crippen molar-refractivity contribution in [3.63, 3.8) is 0 Å². The maximum absolute atomic E-state index is 12.5. The molecule has 1 N–H and O–H groups in total. The zero-order valence-corrected chi connectivity index (χ0v) is 13.0. The SMILES string of the molecule is COC(=O)C1(NC(=O)c2cnn(-c3ccccc3)c2)CCCC1. The summed E-state index contributed by atoms with van der Waals surface area (Å²) in [5.74, 6) is -0.682. The second-order valence-electron chi connectivity index (χ2n) is 5.74. The Morgan fingerprint density at radius 1 is 1.22 bits per heavy atom. The summed E-state index contributed by atoms with van der Waals surface area (Å²) in [6.07, 6.45) is 6.18. The Balaban J connectivity index is 1.78. The molecule has 3 rings (SSSR count). The van der Waals surface area contributed by atoms with E-state index >= 15 is 0 Å². The second-order valence-corrected chi connectivity index (χ2v) is 5.74. The van der Waals surface area contributed by atoms with E-state index in [1.165, 1.54) is 13.3 Å². The van der Waals surface area contributed by atoms with Crippen LogP contribution in [0.4, 0.5) is 0 Å². The van der Waals surface area contributed by atoms with Crippen LogP contribution in [0, 0.1) is 0 Å². The summed E-state index contributed by atoms with van der Waals surface area (Å²) in [7, 11) is 1.35. The maximum Gasteiger partial charge on any atom is 0.331 e. The zero-order chi connectivity index (χ0) is 16.3. The summed E-state index contributed by atoms with van der Waals surface area (Å²) in [6.45, 7) is 0. The lowest BCUT2D eigenvalue weighted by Crippen LogP contribution is -2.53. The van der Waals surface area contributed by atoms with E-state index in [-0.39, 0.29) is 11.9 Å². The molecule has 23 heavy (non-hydrogen) atoms. The number of methoxy groups -OCH3 is 1. The first kappa shape index (κ1) is 15.3. The van der Waals surface area contributed by atoms with E-state index in [9.17, 15) is 9.59 Å². The Kier molecular flexibility index (Phi) is 4.14. The number of para-hydroxylation sites is 1. The first-order chi connectivity index (χ1) is 11.1. The van der Waals surface area contributed by atoms with Crippen LogP contribution >= 0.6 is 0 Å². The third-order valence-corrected chi connectivity index (χ3v) is 4.25. The molecule has 0 atom stereocenters. The molecule has 120 valence electrons. The number of benzene rings is 1. The molecule has 6 heteroatoms. The van der Waals surface area contributed by atoms with E-state index in [1.54, 1.807) is 10.9 Å². The van der Waals surface area contributed by atoms with Crippen LogP contribution in [-0.2, 0) is 9.53 Å². The quantitative estimate of drug-likeness (QED) is 0.877. The summed E-state index contributed by atoms with van der Waals surface area (Å²) >= 11 is 0. The summed E-state index contributed by atoms with van der Waals surface area (Å²) in [6, 6.07) is 9.53. The van der Waals surface area contributed by atoms with Gasteiger partial charge in [0.2, 0.25) is 0 Å². The Hall–Kier alpha value is -2.63. The summed E-state index contributed by atoms with van der Waals surface area (Å²) in [5.41, 5.74) is 0.389. The number of carbonyl (C=O) groups excluding carboxylic acids is 2. The van der Waals surface area contributed by atoms with Gasteiger partial charge in [0.25, 0.3) is 5.91 Å². The van der Waals surface area contributed by atoms with E-state index in [4.69, 9.17) is 4.74 Å². The predicted molar refractivity (Wildman–Crippen MR) is 84.2 cm³/mol. The molecule has 0 spiro atoms. The number of rotatable bonds is 4. The highest BCUT2D eigenvalue weighted by atomic mass is 16.5. The highest BCUT2D eigenvalue weighted by Gasteiger charge is 2.43. The molecule has 1 aliphatic rings. The average molecular weight is 313 g/mol. The van der Waals surface area contributed by atoms with Crippen molar-refractivity contribution in [1.29, 1.82) is 0 Å². The molecule has 1 aliphatic carbocycles. The standard InChI is InChI=1S/C17H19N3O3/c1-23-16(22)17(9-5-6-10-17)19-15(21)13-11-18-20(12-13)14-7-3-2-4-8-14/h2-4,7-8,11-12H,5-6,9-10H2,1H3,(H,19,21). The van der Waals surface area contributed by atoms with E-state index in [0.29, 0.717) is 18.4 Å². The van der Waals surface area contributed by atoms with Crippen molar-refractivity contribution in [3.05, 3.63) is 48.3 Å². The van der Waals surface area contributed by atoms with Gasteiger partial charge in [0.05, 0.1) is 24.6 Å². The molecule has 0 radical (unpaired) electrons. The largest absolute Gasteiger partial charge is 0.467 e. The van der Waals surface area contributed by atoms with E-state index in [1.807, 2.05) is 30.3 Å². The molecular weight excluding hydrogens is 294 g/mol. The number of aromatic nitrogens is 2. The molecule has 0 unspecified atom stereocenters. The van der Waals surface area contributed by atoms with Crippen molar-refractivity contribution in [2.45, 2.75) is 31.2 Å². The number of carbonyl (C=O) groups is 2. The first-order valence-electron chi connectivity index (χ1n) is 7.66. The minimum atomic E-state index is -0.902. The van der Waals surface area contributed by atoms with E-state index in [2.05, 4.69) is 10.4 Å². The van der Waals surface area contributed by atoms with Gasteiger partial charge in [0, 0.05) is 6.20 Å². The Bertz CT molecular complexity index is 703. The van der Waals surface area contributed by atoms with Gasteiger partial charge in [-0.15, -0.1) is 0 Å². The molecule has 1 aromatic heterocycles. The van der Waals surface area contributed by atoms with Gasteiger partial charge in [-0.1, -0.05) is 31.0 Å². The van der Waals surface area contributed by atoms with Crippen LogP contribution in [0.3, 0.4) is 0 Å². The minimum absolute atomic E-state index is 0.306. The number of hydrogen-bond donors (Lipinski definition) is 1. The summed E-state index contributed by atoms with van der Waals surface area (Å²) < 4.78 is 6.51. The van der Waals surface area contributed by atoms with Crippen LogP contribution in [0.15, 0.2) is 42.7 Å². The van der Waals surface area contributed by atoms with Gasteiger partial charge in [-0.05, 0) is 25.0 Å². The van der Waals surface area contributed by atoms with E-state index in [0.717, 1.165) is 18.5 Å². The highest BCUT2D eigenvalue weighted by Crippen LogP contribution is 2.31. The third-order valence-electron chi connectivity index (χ3n) is 4.25. The van der Waals surface area contributed by atoms with Crippen LogP contribution in [0.1, 0.15) is 36.0 Å². The van der Waals surface area contributed by atoms with Crippen molar-refractivity contribution in [2.24, 2.45) is 0 Å². The van der Waals surface area contributed by atoms with Crippen molar-refractivity contribution in [1.82, 2.24) is 15.1 Å². The fourth-order valence-electron chi connectivity index (χ4n) is 3.01. The van der Waals surface area contributed by atoms with Crippen molar-refractivity contribution < 1.29 is 14.3 Å². The molecule has 6 nitrogen and oxygen atoms in total. The number of nitrogens with one attached hydrogen (secondary N) is 1. The normalized spacial score (nSPS) is 16.0. The van der Waals surface area contributed by atoms with Crippen molar-refractivity contribution in [2.75, 3.05) is 7.11 Å². The molecular formula is C17H19N3O3. The first-order valence-corrected chi connectivity index (χ1v) is 7.66. The molecule has 1 saturated carbocycles. The lowest BCUT2D eigenvalue weighted by Gasteiger charge is -2.26. The fraction of sp³-hybridized carbons (Fsp3) is 0.353. The van der Waals surface area contributed by atoms with Gasteiger partial charge in [0.1, 0.15) is 5.54 Å². The van der Waals surface area contributed by atoms with Gasteiger partial charge in [-0.25, -0.2) is 9.48 Å². The van der Waals surface area contributed by atoms with Gasteiger partial charge in [0.15, 0.2) is 0 Å². The Morgan fingerprint density at radius 3 is 2.57 bits per heavy atom.